The van der Waals surface area contributed by atoms with E-state index in [2.05, 4.69) is 46.0 Å². The van der Waals surface area contributed by atoms with Crippen molar-refractivity contribution in [3.05, 3.63) is 28.2 Å². The topological polar surface area (TPSA) is 38.5 Å². The summed E-state index contributed by atoms with van der Waals surface area (Å²) in [4.78, 5) is 2.33. The number of nitrogens with two attached hydrogens (primary N) is 1. The number of hydrogen-bond acceptors (Lipinski definition) is 3. The second-order valence-electron chi connectivity index (χ2n) is 4.53. The predicted octanol–water partition coefficient (Wildman–Crippen LogP) is 2.81. The minimum Gasteiger partial charge on any atom is -0.383 e. The zero-order chi connectivity index (χ0) is 13.5. The highest BCUT2D eigenvalue weighted by Gasteiger charge is 2.11. The lowest BCUT2D eigenvalue weighted by molar-refractivity contribution is 0.205. The maximum atomic E-state index is 5.92. The normalized spacial score (nSPS) is 12.5. The van der Waals surface area contributed by atoms with Crippen molar-refractivity contribution in [2.45, 2.75) is 26.3 Å². The zero-order valence-electron chi connectivity index (χ0n) is 11.4. The van der Waals surface area contributed by atoms with E-state index >= 15 is 0 Å². The lowest BCUT2D eigenvalue weighted by atomic mass is 10.0. The first-order chi connectivity index (χ1) is 8.58. The van der Waals surface area contributed by atoms with Gasteiger partial charge in [0.1, 0.15) is 0 Å². The molecule has 1 unspecified atom stereocenters. The summed E-state index contributed by atoms with van der Waals surface area (Å²) in [5, 5.41) is 0. The fraction of sp³-hybridized carbons (Fsp3) is 0.571. The Morgan fingerprint density at radius 1 is 1.44 bits per heavy atom. The molecule has 0 aliphatic rings. The van der Waals surface area contributed by atoms with Crippen LogP contribution in [0.4, 0.5) is 5.69 Å². The Bertz CT molecular complexity index is 369. The van der Waals surface area contributed by atoms with Crippen LogP contribution in [-0.2, 0) is 11.2 Å². The Morgan fingerprint density at radius 3 is 2.72 bits per heavy atom. The second-order valence-corrected chi connectivity index (χ2v) is 5.44. The Labute approximate surface area is 118 Å². The molecule has 0 saturated heterocycles. The van der Waals surface area contributed by atoms with E-state index in [4.69, 9.17) is 10.5 Å². The molecule has 3 nitrogen and oxygen atoms in total. The number of hydrogen-bond donors (Lipinski definition) is 1. The third-order valence-corrected chi connectivity index (χ3v) is 3.37. The van der Waals surface area contributed by atoms with Gasteiger partial charge in [0.15, 0.2) is 0 Å². The molecule has 102 valence electrons. The van der Waals surface area contributed by atoms with Crippen LogP contribution in [0.5, 0.6) is 0 Å². The first-order valence-corrected chi connectivity index (χ1v) is 7.15. The van der Waals surface area contributed by atoms with Crippen molar-refractivity contribution in [3.8, 4) is 0 Å². The van der Waals surface area contributed by atoms with Crippen molar-refractivity contribution >= 4 is 21.6 Å². The first kappa shape index (κ1) is 15.5. The van der Waals surface area contributed by atoms with Crippen LogP contribution in [0.1, 0.15) is 19.4 Å². The Hall–Kier alpha value is -0.580. The molecule has 2 N–H and O–H groups in total. The summed E-state index contributed by atoms with van der Waals surface area (Å²) in [5.74, 6) is 0. The predicted molar refractivity (Wildman–Crippen MR) is 81.3 cm³/mol. The average Bonchev–Trinajstić information content (AvgIpc) is 2.33. The number of ether oxygens (including phenoxy) is 1. The molecule has 18 heavy (non-hydrogen) atoms. The zero-order valence-corrected chi connectivity index (χ0v) is 13.0. The summed E-state index contributed by atoms with van der Waals surface area (Å²) >= 11 is 3.54. The Morgan fingerprint density at radius 2 is 2.17 bits per heavy atom. The molecular weight excluding hydrogens is 292 g/mol. The molecule has 0 fully saturated rings. The van der Waals surface area contributed by atoms with Crippen molar-refractivity contribution in [1.29, 1.82) is 0 Å². The lowest BCUT2D eigenvalue weighted by Gasteiger charge is -2.26. The highest BCUT2D eigenvalue weighted by atomic mass is 79.9. The number of nitrogens with zero attached hydrogens (tertiary/aromatic N) is 1. The first-order valence-electron chi connectivity index (χ1n) is 6.36. The van der Waals surface area contributed by atoms with E-state index in [9.17, 15) is 0 Å². The third kappa shape index (κ3) is 4.59. The van der Waals surface area contributed by atoms with Gasteiger partial charge in [-0.1, -0.05) is 22.0 Å². The number of benzene rings is 1. The third-order valence-electron chi connectivity index (χ3n) is 2.88. The van der Waals surface area contributed by atoms with Crippen LogP contribution in [0.3, 0.4) is 0 Å². The van der Waals surface area contributed by atoms with Gasteiger partial charge in [-0.3, -0.25) is 0 Å². The van der Waals surface area contributed by atoms with Gasteiger partial charge in [-0.15, -0.1) is 0 Å². The van der Waals surface area contributed by atoms with Crippen LogP contribution in [-0.4, -0.2) is 32.8 Å². The molecule has 0 spiro atoms. The molecule has 0 amide bonds. The minimum absolute atomic E-state index is 0.172. The van der Waals surface area contributed by atoms with Crippen LogP contribution in [0, 0.1) is 0 Å². The maximum Gasteiger partial charge on any atom is 0.0637 e. The molecule has 1 rings (SSSR count). The molecule has 0 bridgehead atoms. The van der Waals surface area contributed by atoms with Crippen molar-refractivity contribution in [2.24, 2.45) is 5.73 Å². The molecule has 4 heteroatoms. The summed E-state index contributed by atoms with van der Waals surface area (Å²) in [6.07, 6.45) is 0.895. The van der Waals surface area contributed by atoms with E-state index in [1.54, 1.807) is 7.11 Å². The van der Waals surface area contributed by atoms with Gasteiger partial charge in [-0.05, 0) is 38.0 Å². The number of anilines is 1. The lowest BCUT2D eigenvalue weighted by Crippen LogP contribution is -2.29. The van der Waals surface area contributed by atoms with Gasteiger partial charge >= 0.3 is 0 Å². The monoisotopic (exact) mass is 314 g/mol. The van der Waals surface area contributed by atoms with Gasteiger partial charge in [-0.2, -0.15) is 0 Å². The standard InChI is InChI=1S/C14H23BrN2O/c1-4-17(7-8-18-3)14-10-13(15)6-5-12(14)9-11(2)16/h5-6,10-11H,4,7-9,16H2,1-3H3. The van der Waals surface area contributed by atoms with Crippen molar-refractivity contribution in [2.75, 3.05) is 31.7 Å². The van der Waals surface area contributed by atoms with Gasteiger partial charge in [-0.25, -0.2) is 0 Å². The summed E-state index contributed by atoms with van der Waals surface area (Å²) in [6, 6.07) is 6.56. The fourth-order valence-corrected chi connectivity index (χ4v) is 2.35. The van der Waals surface area contributed by atoms with Gasteiger partial charge in [0, 0.05) is 36.4 Å². The largest absolute Gasteiger partial charge is 0.383 e. The summed E-state index contributed by atoms with van der Waals surface area (Å²) in [6.45, 7) is 6.79. The quantitative estimate of drug-likeness (QED) is 0.841. The molecule has 1 aromatic carbocycles. The molecule has 0 aromatic heterocycles. The molecule has 0 aliphatic heterocycles. The van der Waals surface area contributed by atoms with E-state index in [0.29, 0.717) is 0 Å². The van der Waals surface area contributed by atoms with E-state index < -0.39 is 0 Å². The Kier molecular flexibility index (Phi) is 6.68. The molecular formula is C14H23BrN2O. The molecule has 1 atom stereocenters. The van der Waals surface area contributed by atoms with Crippen LogP contribution >= 0.6 is 15.9 Å². The van der Waals surface area contributed by atoms with Crippen LogP contribution in [0.25, 0.3) is 0 Å². The highest BCUT2D eigenvalue weighted by molar-refractivity contribution is 9.10. The number of halogens is 1. The SMILES string of the molecule is CCN(CCOC)c1cc(Br)ccc1CC(C)N. The van der Waals surface area contributed by atoms with Crippen LogP contribution < -0.4 is 10.6 Å². The number of methoxy groups -OCH3 is 1. The van der Waals surface area contributed by atoms with E-state index in [0.717, 1.165) is 30.6 Å². The average molecular weight is 315 g/mol. The molecule has 0 saturated carbocycles. The van der Waals surface area contributed by atoms with Crippen LogP contribution in [0.2, 0.25) is 0 Å². The van der Waals surface area contributed by atoms with Crippen LogP contribution in [0.15, 0.2) is 22.7 Å². The molecule has 0 heterocycles. The minimum atomic E-state index is 0.172. The highest BCUT2D eigenvalue weighted by Crippen LogP contribution is 2.26. The summed E-state index contributed by atoms with van der Waals surface area (Å²) in [5.41, 5.74) is 8.47. The van der Waals surface area contributed by atoms with E-state index in [1.807, 2.05) is 6.92 Å². The van der Waals surface area contributed by atoms with Gasteiger partial charge in [0.05, 0.1) is 6.61 Å². The Balaban J connectivity index is 2.97. The molecule has 0 aliphatic carbocycles. The summed E-state index contributed by atoms with van der Waals surface area (Å²) in [7, 11) is 1.73. The van der Waals surface area contributed by atoms with Crippen molar-refractivity contribution in [3.63, 3.8) is 0 Å². The van der Waals surface area contributed by atoms with E-state index in [1.165, 1.54) is 11.3 Å². The van der Waals surface area contributed by atoms with Gasteiger partial charge in [0.25, 0.3) is 0 Å². The smallest absolute Gasteiger partial charge is 0.0637 e. The van der Waals surface area contributed by atoms with Crippen molar-refractivity contribution < 1.29 is 4.74 Å². The maximum absolute atomic E-state index is 5.92. The van der Waals surface area contributed by atoms with Gasteiger partial charge < -0.3 is 15.4 Å². The molecule has 0 radical (unpaired) electrons. The van der Waals surface area contributed by atoms with Gasteiger partial charge in [0.2, 0.25) is 0 Å². The summed E-state index contributed by atoms with van der Waals surface area (Å²) < 4.78 is 6.27. The number of rotatable bonds is 7. The van der Waals surface area contributed by atoms with Crippen molar-refractivity contribution in [1.82, 2.24) is 0 Å². The fourth-order valence-electron chi connectivity index (χ4n) is 2.00. The van der Waals surface area contributed by atoms with E-state index in [-0.39, 0.29) is 6.04 Å². The molecule has 1 aromatic rings. The second kappa shape index (κ2) is 7.77. The number of likely N-dealkylation sites (N-methyl/N-ethyl adjacent to an activating group) is 1.